The molecule has 0 heterocycles. The molecule has 0 spiro atoms. The van der Waals surface area contributed by atoms with Crippen molar-refractivity contribution in [2.24, 2.45) is 0 Å². The van der Waals surface area contributed by atoms with E-state index in [1.807, 2.05) is 0 Å². The van der Waals surface area contributed by atoms with E-state index in [1.54, 1.807) is 0 Å². The average Bonchev–Trinajstić information content (AvgIpc) is 3.00. The number of unbranched alkanes of at least 4 members (excludes halogenated alkanes) is 10. The number of ether oxygens (including phenoxy) is 2. The van der Waals surface area contributed by atoms with Gasteiger partial charge in [0.05, 0.1) is 13.2 Å². The molecule has 0 aromatic carbocycles. The van der Waals surface area contributed by atoms with Gasteiger partial charge in [-0.2, -0.15) is 0 Å². The topological polar surface area (TPSA) is 52.6 Å². The second-order valence-electron chi connectivity index (χ2n) is 11.0. The van der Waals surface area contributed by atoms with Crippen molar-refractivity contribution in [3.8, 4) is 0 Å². The van der Waals surface area contributed by atoms with E-state index < -0.39 is 0 Å². The van der Waals surface area contributed by atoms with Crippen LogP contribution in [0.5, 0.6) is 0 Å². The van der Waals surface area contributed by atoms with Gasteiger partial charge in [-0.05, 0) is 77.0 Å². The lowest BCUT2D eigenvalue weighted by Gasteiger charge is -2.06. The number of rotatable bonds is 30. The molecule has 0 saturated heterocycles. The first-order chi connectivity index (χ1) is 21.2. The molecule has 0 N–H and O–H groups in total. The van der Waals surface area contributed by atoms with Gasteiger partial charge in [-0.25, -0.2) is 0 Å². The molecule has 0 rings (SSSR count). The van der Waals surface area contributed by atoms with Crippen LogP contribution in [0.4, 0.5) is 0 Å². The zero-order valence-corrected chi connectivity index (χ0v) is 27.8. The Hall–Kier alpha value is -2.62. The van der Waals surface area contributed by atoms with Crippen LogP contribution in [-0.2, 0) is 19.1 Å². The van der Waals surface area contributed by atoms with Gasteiger partial charge in [0.25, 0.3) is 0 Å². The van der Waals surface area contributed by atoms with Crippen LogP contribution < -0.4 is 0 Å². The van der Waals surface area contributed by atoms with Crippen LogP contribution in [0.15, 0.2) is 72.9 Å². The molecule has 0 aliphatic carbocycles. The van der Waals surface area contributed by atoms with Gasteiger partial charge in [0.15, 0.2) is 0 Å². The van der Waals surface area contributed by atoms with Crippen molar-refractivity contribution in [3.05, 3.63) is 72.9 Å². The van der Waals surface area contributed by atoms with Crippen molar-refractivity contribution < 1.29 is 19.1 Å². The Labute approximate surface area is 265 Å². The van der Waals surface area contributed by atoms with E-state index in [1.165, 1.54) is 25.7 Å². The maximum atomic E-state index is 11.9. The molecule has 0 aliphatic rings. The van der Waals surface area contributed by atoms with E-state index in [0.29, 0.717) is 32.5 Å². The minimum Gasteiger partial charge on any atom is -0.466 e. The zero-order valence-electron chi connectivity index (χ0n) is 27.8. The van der Waals surface area contributed by atoms with Crippen LogP contribution in [-0.4, -0.2) is 25.2 Å². The smallest absolute Gasteiger partial charge is 0.305 e. The van der Waals surface area contributed by atoms with Gasteiger partial charge in [0, 0.05) is 19.3 Å². The summed E-state index contributed by atoms with van der Waals surface area (Å²) in [5.74, 6) is -0.286. The molecule has 0 aromatic rings. The molecule has 0 aliphatic heterocycles. The van der Waals surface area contributed by atoms with E-state index in [9.17, 15) is 9.59 Å². The molecular formula is C39H64O4. The number of hydrogen-bond acceptors (Lipinski definition) is 4. The third-order valence-corrected chi connectivity index (χ3v) is 6.88. The van der Waals surface area contributed by atoms with Gasteiger partial charge >= 0.3 is 11.9 Å². The van der Waals surface area contributed by atoms with Crippen molar-refractivity contribution in [3.63, 3.8) is 0 Å². The Morgan fingerprint density at radius 2 is 0.721 bits per heavy atom. The highest BCUT2D eigenvalue weighted by Crippen LogP contribution is 2.10. The first kappa shape index (κ1) is 40.4. The zero-order chi connectivity index (χ0) is 31.3. The summed E-state index contributed by atoms with van der Waals surface area (Å²) in [6, 6.07) is 0. The Kier molecular flexibility index (Phi) is 33.4. The fraction of sp³-hybridized carbons (Fsp3) is 0.641. The van der Waals surface area contributed by atoms with Crippen LogP contribution >= 0.6 is 0 Å². The summed E-state index contributed by atoms with van der Waals surface area (Å²) in [5, 5.41) is 0. The summed E-state index contributed by atoms with van der Waals surface area (Å²) < 4.78 is 10.5. The van der Waals surface area contributed by atoms with E-state index in [0.717, 1.165) is 89.9 Å². The number of hydrogen-bond donors (Lipinski definition) is 0. The third-order valence-electron chi connectivity index (χ3n) is 6.88. The standard InChI is InChI=1S/C39H64O4/c1-3-5-7-9-11-13-15-17-19-21-23-25-27-29-31-34-38(40)42-36-33-37-43-39(41)35-32-30-28-26-24-22-20-18-16-14-12-10-8-6-4-2/h5-8,11-14,17-20H,3-4,9-10,15-16,21-37H2,1-2H3/b7-5-,8-6-,13-11-,14-12-,19-17-,20-18-. The van der Waals surface area contributed by atoms with Crippen molar-refractivity contribution in [1.82, 2.24) is 0 Å². The lowest BCUT2D eigenvalue weighted by atomic mass is 10.1. The highest BCUT2D eigenvalue weighted by molar-refractivity contribution is 5.69. The van der Waals surface area contributed by atoms with Crippen LogP contribution in [0.25, 0.3) is 0 Å². The summed E-state index contributed by atoms with van der Waals surface area (Å²) >= 11 is 0. The molecule has 0 saturated carbocycles. The number of esters is 2. The molecule has 0 unspecified atom stereocenters. The molecule has 4 heteroatoms. The monoisotopic (exact) mass is 596 g/mol. The molecule has 0 atom stereocenters. The van der Waals surface area contributed by atoms with Crippen molar-refractivity contribution in [2.45, 2.75) is 149 Å². The summed E-state index contributed by atoms with van der Waals surface area (Å²) in [6.07, 6.45) is 47.8. The minimum absolute atomic E-state index is 0.143. The van der Waals surface area contributed by atoms with Gasteiger partial charge in [-0.15, -0.1) is 0 Å². The van der Waals surface area contributed by atoms with Gasteiger partial charge < -0.3 is 9.47 Å². The Bertz CT molecular complexity index is 734. The fourth-order valence-electron chi connectivity index (χ4n) is 4.35. The summed E-state index contributed by atoms with van der Waals surface area (Å²) in [5.41, 5.74) is 0. The Morgan fingerprint density at radius 3 is 1.12 bits per heavy atom. The van der Waals surface area contributed by atoms with Gasteiger partial charge in [-0.3, -0.25) is 9.59 Å². The summed E-state index contributed by atoms with van der Waals surface area (Å²) in [7, 11) is 0. The summed E-state index contributed by atoms with van der Waals surface area (Å²) in [4.78, 5) is 23.8. The quantitative estimate of drug-likeness (QED) is 0.0470. The third kappa shape index (κ3) is 35.5. The lowest BCUT2D eigenvalue weighted by molar-refractivity contribution is -0.146. The minimum atomic E-state index is -0.143. The van der Waals surface area contributed by atoms with E-state index >= 15 is 0 Å². The molecule has 0 amide bonds. The second kappa shape index (κ2) is 35.6. The maximum absolute atomic E-state index is 11.9. The van der Waals surface area contributed by atoms with Crippen molar-refractivity contribution in [1.29, 1.82) is 0 Å². The average molecular weight is 597 g/mol. The molecule has 0 radical (unpaired) electrons. The van der Waals surface area contributed by atoms with Crippen LogP contribution in [0, 0.1) is 0 Å². The molecule has 0 fully saturated rings. The molecule has 0 bridgehead atoms. The summed E-state index contributed by atoms with van der Waals surface area (Å²) in [6.45, 7) is 4.95. The van der Waals surface area contributed by atoms with Crippen LogP contribution in [0.1, 0.15) is 149 Å². The second-order valence-corrected chi connectivity index (χ2v) is 11.0. The number of allylic oxidation sites excluding steroid dienone is 12. The lowest BCUT2D eigenvalue weighted by Crippen LogP contribution is -2.10. The molecular weight excluding hydrogens is 532 g/mol. The predicted molar refractivity (Wildman–Crippen MR) is 185 cm³/mol. The number of carbonyl (C=O) groups excluding carboxylic acids is 2. The fourth-order valence-corrected chi connectivity index (χ4v) is 4.35. The highest BCUT2D eigenvalue weighted by Gasteiger charge is 2.05. The predicted octanol–water partition coefficient (Wildman–Crippen LogP) is 11.6. The highest BCUT2D eigenvalue weighted by atomic mass is 16.5. The van der Waals surface area contributed by atoms with E-state index in [-0.39, 0.29) is 11.9 Å². The first-order valence-corrected chi connectivity index (χ1v) is 17.4. The van der Waals surface area contributed by atoms with Gasteiger partial charge in [0.2, 0.25) is 0 Å². The Morgan fingerprint density at radius 1 is 0.395 bits per heavy atom. The number of carbonyl (C=O) groups is 2. The van der Waals surface area contributed by atoms with Crippen LogP contribution in [0.3, 0.4) is 0 Å². The Balaban J connectivity index is 3.41. The molecule has 0 aromatic heterocycles. The normalized spacial score (nSPS) is 12.3. The van der Waals surface area contributed by atoms with Crippen LogP contribution in [0.2, 0.25) is 0 Å². The SMILES string of the molecule is CC/C=C\C/C=C\C/C=C\CCCCCCCC(=O)OCCCOC(=O)CCCCCCC/C=C\C/C=C\C/C=C\CC. The van der Waals surface area contributed by atoms with Gasteiger partial charge in [-0.1, -0.05) is 125 Å². The largest absolute Gasteiger partial charge is 0.466 e. The van der Waals surface area contributed by atoms with Gasteiger partial charge in [0.1, 0.15) is 0 Å². The van der Waals surface area contributed by atoms with Crippen molar-refractivity contribution in [2.75, 3.05) is 13.2 Å². The maximum Gasteiger partial charge on any atom is 0.305 e. The molecule has 4 nitrogen and oxygen atoms in total. The molecule has 43 heavy (non-hydrogen) atoms. The molecule has 244 valence electrons. The van der Waals surface area contributed by atoms with E-state index in [2.05, 4.69) is 86.8 Å². The van der Waals surface area contributed by atoms with Crippen molar-refractivity contribution >= 4 is 11.9 Å². The first-order valence-electron chi connectivity index (χ1n) is 17.4. The van der Waals surface area contributed by atoms with E-state index in [4.69, 9.17) is 9.47 Å².